The second-order valence-electron chi connectivity index (χ2n) is 4.67. The molecule has 1 aromatic heterocycles. The maximum absolute atomic E-state index is 8.98. The number of aliphatic hydroxyl groups excluding tert-OH is 1. The first kappa shape index (κ1) is 12.8. The zero-order valence-corrected chi connectivity index (χ0v) is 10.5. The van der Waals surface area contributed by atoms with Crippen molar-refractivity contribution in [1.29, 1.82) is 5.41 Å². The zero-order chi connectivity index (χ0) is 13.0. The number of pyridine rings is 1. The van der Waals surface area contributed by atoms with E-state index in [1.807, 2.05) is 6.07 Å². The summed E-state index contributed by atoms with van der Waals surface area (Å²) >= 11 is 0. The quantitative estimate of drug-likeness (QED) is 0.520. The summed E-state index contributed by atoms with van der Waals surface area (Å²) in [5.41, 5.74) is 6.20. The lowest BCUT2D eigenvalue weighted by Crippen LogP contribution is -2.41. The molecule has 0 bridgehead atoms. The molecule has 1 aliphatic carbocycles. The normalized spacial score (nSPS) is 15.2. The number of hydrogen-bond acceptors (Lipinski definition) is 4. The largest absolute Gasteiger partial charge is 0.396 e. The predicted molar refractivity (Wildman–Crippen MR) is 71.9 cm³/mol. The van der Waals surface area contributed by atoms with Gasteiger partial charge < -0.3 is 15.7 Å². The predicted octanol–water partition coefficient (Wildman–Crippen LogP) is 1.11. The van der Waals surface area contributed by atoms with Crippen LogP contribution in [0.1, 0.15) is 31.2 Å². The number of aromatic nitrogens is 1. The van der Waals surface area contributed by atoms with Gasteiger partial charge in [-0.3, -0.25) is 5.41 Å². The van der Waals surface area contributed by atoms with Gasteiger partial charge in [0.25, 0.3) is 0 Å². The number of rotatable bonds is 6. The first-order valence-corrected chi connectivity index (χ1v) is 6.40. The average Bonchev–Trinajstić information content (AvgIpc) is 2.32. The molecule has 2 rings (SSSR count). The van der Waals surface area contributed by atoms with Gasteiger partial charge in [-0.15, -0.1) is 0 Å². The Morgan fingerprint density at radius 1 is 1.56 bits per heavy atom. The molecular weight excluding hydrogens is 228 g/mol. The van der Waals surface area contributed by atoms with Crippen molar-refractivity contribution >= 4 is 11.7 Å². The molecule has 1 aliphatic rings. The van der Waals surface area contributed by atoms with Crippen LogP contribution < -0.4 is 10.6 Å². The van der Waals surface area contributed by atoms with E-state index in [0.29, 0.717) is 11.6 Å². The highest BCUT2D eigenvalue weighted by Crippen LogP contribution is 2.28. The van der Waals surface area contributed by atoms with Gasteiger partial charge in [0.05, 0.1) is 0 Å². The van der Waals surface area contributed by atoms with E-state index in [0.717, 1.165) is 18.8 Å². The van der Waals surface area contributed by atoms with E-state index < -0.39 is 0 Å². The maximum atomic E-state index is 8.98. The number of nitrogen functional groups attached to an aromatic ring is 1. The first-order chi connectivity index (χ1) is 8.72. The van der Waals surface area contributed by atoms with Crippen molar-refractivity contribution in [2.24, 2.45) is 5.73 Å². The molecule has 5 nitrogen and oxygen atoms in total. The summed E-state index contributed by atoms with van der Waals surface area (Å²) in [5, 5.41) is 16.4. The molecule has 98 valence electrons. The Balaban J connectivity index is 2.17. The number of aliphatic hydroxyl groups is 1. The van der Waals surface area contributed by atoms with Crippen molar-refractivity contribution in [2.75, 3.05) is 18.1 Å². The fraction of sp³-hybridized carbons (Fsp3) is 0.538. The lowest BCUT2D eigenvalue weighted by molar-refractivity contribution is 0.282. The highest BCUT2D eigenvalue weighted by Gasteiger charge is 2.25. The Hall–Kier alpha value is -1.62. The van der Waals surface area contributed by atoms with Crippen LogP contribution in [0.5, 0.6) is 0 Å². The number of nitrogens with two attached hydrogens (primary N) is 1. The van der Waals surface area contributed by atoms with E-state index in [1.165, 1.54) is 19.3 Å². The van der Waals surface area contributed by atoms with Gasteiger partial charge in [-0.2, -0.15) is 0 Å². The van der Waals surface area contributed by atoms with E-state index >= 15 is 0 Å². The molecule has 0 saturated heterocycles. The van der Waals surface area contributed by atoms with Crippen molar-refractivity contribution in [3.8, 4) is 0 Å². The minimum absolute atomic E-state index is 0.0642. The highest BCUT2D eigenvalue weighted by atomic mass is 16.3. The van der Waals surface area contributed by atoms with Gasteiger partial charge in [-0.25, -0.2) is 4.98 Å². The third-order valence-corrected chi connectivity index (χ3v) is 3.42. The molecule has 5 heteroatoms. The summed E-state index contributed by atoms with van der Waals surface area (Å²) in [6, 6.07) is 4.13. The van der Waals surface area contributed by atoms with Crippen molar-refractivity contribution in [1.82, 2.24) is 4.98 Å². The number of amidine groups is 1. The summed E-state index contributed by atoms with van der Waals surface area (Å²) in [6.45, 7) is 0.991. The molecule has 0 radical (unpaired) electrons. The first-order valence-electron chi connectivity index (χ1n) is 6.40. The minimum atomic E-state index is 0.0642. The molecule has 0 unspecified atom stereocenters. The third kappa shape index (κ3) is 2.79. The monoisotopic (exact) mass is 248 g/mol. The lowest BCUT2D eigenvalue weighted by Gasteiger charge is -2.38. The molecule has 0 aromatic carbocycles. The molecule has 4 N–H and O–H groups in total. The molecule has 1 saturated carbocycles. The van der Waals surface area contributed by atoms with Crippen LogP contribution in [-0.2, 0) is 0 Å². The van der Waals surface area contributed by atoms with E-state index in [9.17, 15) is 0 Å². The van der Waals surface area contributed by atoms with Gasteiger partial charge in [-0.05, 0) is 37.8 Å². The van der Waals surface area contributed by atoms with E-state index in [-0.39, 0.29) is 12.4 Å². The number of anilines is 1. The topological polar surface area (TPSA) is 86.2 Å². The smallest absolute Gasteiger partial charge is 0.129 e. The second kappa shape index (κ2) is 5.82. The Morgan fingerprint density at radius 2 is 2.33 bits per heavy atom. The number of nitrogens with zero attached hydrogens (tertiary/aromatic N) is 2. The average molecular weight is 248 g/mol. The van der Waals surface area contributed by atoms with Gasteiger partial charge in [0.15, 0.2) is 0 Å². The molecule has 0 atom stereocenters. The fourth-order valence-electron chi connectivity index (χ4n) is 2.17. The van der Waals surface area contributed by atoms with Crippen molar-refractivity contribution in [3.63, 3.8) is 0 Å². The van der Waals surface area contributed by atoms with Crippen molar-refractivity contribution < 1.29 is 5.11 Å². The highest BCUT2D eigenvalue weighted by molar-refractivity contribution is 5.95. The van der Waals surface area contributed by atoms with E-state index in [1.54, 1.807) is 12.3 Å². The van der Waals surface area contributed by atoms with Gasteiger partial charge in [0.2, 0.25) is 0 Å². The maximum Gasteiger partial charge on any atom is 0.129 e. The summed E-state index contributed by atoms with van der Waals surface area (Å²) in [4.78, 5) is 6.60. The van der Waals surface area contributed by atoms with E-state index in [4.69, 9.17) is 16.2 Å². The second-order valence-corrected chi connectivity index (χ2v) is 4.67. The third-order valence-electron chi connectivity index (χ3n) is 3.42. The fourth-order valence-corrected chi connectivity index (χ4v) is 2.17. The number of nitrogens with one attached hydrogen (secondary N) is 1. The summed E-state index contributed by atoms with van der Waals surface area (Å²) in [7, 11) is 0. The molecule has 0 spiro atoms. The van der Waals surface area contributed by atoms with Crippen LogP contribution in [-0.4, -0.2) is 35.1 Å². The Kier molecular flexibility index (Phi) is 4.15. The Labute approximate surface area is 107 Å². The van der Waals surface area contributed by atoms with Crippen LogP contribution in [0, 0.1) is 5.41 Å². The Morgan fingerprint density at radius 3 is 2.89 bits per heavy atom. The van der Waals surface area contributed by atoms with Gasteiger partial charge in [-0.1, -0.05) is 0 Å². The SMILES string of the molecule is N=C(N)c1ccnc(N(CCCO)C2CCC2)c1. The van der Waals surface area contributed by atoms with Crippen LogP contribution in [0.25, 0.3) is 0 Å². The van der Waals surface area contributed by atoms with Crippen molar-refractivity contribution in [3.05, 3.63) is 23.9 Å². The zero-order valence-electron chi connectivity index (χ0n) is 10.5. The summed E-state index contributed by atoms with van der Waals surface area (Å²) in [5.74, 6) is 0.926. The van der Waals surface area contributed by atoms with Gasteiger partial charge >= 0.3 is 0 Å². The summed E-state index contributed by atoms with van der Waals surface area (Å²) < 4.78 is 0. The number of hydrogen-bond donors (Lipinski definition) is 3. The molecule has 1 heterocycles. The molecular formula is C13H20N4O. The molecule has 0 aliphatic heterocycles. The van der Waals surface area contributed by atoms with Crippen LogP contribution >= 0.6 is 0 Å². The van der Waals surface area contributed by atoms with Gasteiger partial charge in [0.1, 0.15) is 11.7 Å². The molecule has 1 fully saturated rings. The van der Waals surface area contributed by atoms with Crippen LogP contribution in [0.2, 0.25) is 0 Å². The van der Waals surface area contributed by atoms with Crippen LogP contribution in [0.4, 0.5) is 5.82 Å². The van der Waals surface area contributed by atoms with E-state index in [2.05, 4.69) is 9.88 Å². The Bertz CT molecular complexity index is 417. The lowest BCUT2D eigenvalue weighted by atomic mass is 9.91. The summed E-state index contributed by atoms with van der Waals surface area (Å²) in [6.07, 6.45) is 6.04. The van der Waals surface area contributed by atoms with Gasteiger partial charge in [0, 0.05) is 31.0 Å². The van der Waals surface area contributed by atoms with Crippen LogP contribution in [0.15, 0.2) is 18.3 Å². The molecule has 1 aromatic rings. The standard InChI is InChI=1S/C13H20N4O/c14-13(15)10-5-6-16-12(9-10)17(7-2-8-18)11-3-1-4-11/h5-6,9,11,18H,1-4,7-8H2,(H3,14,15). The molecule has 18 heavy (non-hydrogen) atoms. The van der Waals surface area contributed by atoms with Crippen molar-refractivity contribution in [2.45, 2.75) is 31.7 Å². The van der Waals surface area contributed by atoms with Crippen LogP contribution in [0.3, 0.4) is 0 Å². The molecule has 0 amide bonds. The minimum Gasteiger partial charge on any atom is -0.396 e.